The van der Waals surface area contributed by atoms with Gasteiger partial charge in [0.1, 0.15) is 0 Å². The summed E-state index contributed by atoms with van der Waals surface area (Å²) < 4.78 is 25.5. The van der Waals surface area contributed by atoms with E-state index in [2.05, 4.69) is 0 Å². The maximum absolute atomic E-state index is 12.4. The fourth-order valence-electron chi connectivity index (χ4n) is 1.73. The fraction of sp³-hybridized carbons (Fsp3) is 0.143. The van der Waals surface area contributed by atoms with Crippen LogP contribution in [0.1, 0.15) is 11.1 Å². The zero-order valence-electron chi connectivity index (χ0n) is 10.9. The van der Waals surface area contributed by atoms with Gasteiger partial charge in [-0.3, -0.25) is 0 Å². The Bertz CT molecular complexity index is 679. The molecular formula is C14H16N2O2S. The molecule has 100 valence electrons. The highest BCUT2D eigenvalue weighted by atomic mass is 32.2. The molecule has 4 nitrogen and oxygen atoms in total. The van der Waals surface area contributed by atoms with Gasteiger partial charge in [-0.1, -0.05) is 29.8 Å². The molecule has 0 aliphatic carbocycles. The number of nitrogens with two attached hydrogens (primary N) is 1. The summed E-state index contributed by atoms with van der Waals surface area (Å²) in [7, 11) is -3.71. The van der Waals surface area contributed by atoms with Crippen molar-refractivity contribution >= 4 is 15.7 Å². The molecule has 2 aromatic carbocycles. The monoisotopic (exact) mass is 276 g/mol. The second kappa shape index (κ2) is 5.03. The molecular weight excluding hydrogens is 260 g/mol. The SMILES string of the molecule is Cc1ccc(S(=O)(=O)N(N)c2cccc(C)c2)cc1. The number of aryl methyl sites for hydroxylation is 2. The predicted molar refractivity (Wildman–Crippen MR) is 76.2 cm³/mol. The van der Waals surface area contributed by atoms with Crippen molar-refractivity contribution in [2.45, 2.75) is 18.7 Å². The summed E-state index contributed by atoms with van der Waals surface area (Å²) in [6.07, 6.45) is 0. The molecule has 0 saturated carbocycles. The summed E-state index contributed by atoms with van der Waals surface area (Å²) in [5, 5.41) is 0. The average Bonchev–Trinajstić information content (AvgIpc) is 2.38. The zero-order valence-corrected chi connectivity index (χ0v) is 11.7. The maximum atomic E-state index is 12.4. The van der Waals surface area contributed by atoms with E-state index < -0.39 is 10.0 Å². The lowest BCUT2D eigenvalue weighted by Gasteiger charge is -2.19. The van der Waals surface area contributed by atoms with E-state index in [0.717, 1.165) is 15.5 Å². The first-order valence-corrected chi connectivity index (χ1v) is 7.28. The van der Waals surface area contributed by atoms with Crippen molar-refractivity contribution in [1.29, 1.82) is 0 Å². The van der Waals surface area contributed by atoms with Crippen molar-refractivity contribution in [2.75, 3.05) is 4.41 Å². The number of hydrogen-bond donors (Lipinski definition) is 1. The number of hydrogen-bond acceptors (Lipinski definition) is 3. The Morgan fingerprint density at radius 2 is 1.58 bits per heavy atom. The lowest BCUT2D eigenvalue weighted by atomic mass is 10.2. The Morgan fingerprint density at radius 1 is 0.947 bits per heavy atom. The van der Waals surface area contributed by atoms with Crippen molar-refractivity contribution < 1.29 is 8.42 Å². The van der Waals surface area contributed by atoms with Crippen molar-refractivity contribution in [2.24, 2.45) is 5.84 Å². The van der Waals surface area contributed by atoms with Gasteiger partial charge in [0.15, 0.2) is 0 Å². The van der Waals surface area contributed by atoms with E-state index in [1.54, 1.807) is 42.5 Å². The summed E-state index contributed by atoms with van der Waals surface area (Å²) in [6.45, 7) is 3.78. The number of benzene rings is 2. The topological polar surface area (TPSA) is 63.4 Å². The van der Waals surface area contributed by atoms with Gasteiger partial charge in [0.2, 0.25) is 0 Å². The number of sulfonamides is 1. The van der Waals surface area contributed by atoms with Crippen LogP contribution in [0.3, 0.4) is 0 Å². The summed E-state index contributed by atoms with van der Waals surface area (Å²) in [5.41, 5.74) is 2.39. The predicted octanol–water partition coefficient (Wildman–Crippen LogP) is 2.37. The Kier molecular flexibility index (Phi) is 3.59. The first-order chi connectivity index (χ1) is 8.91. The van der Waals surface area contributed by atoms with Crippen LogP contribution >= 0.6 is 0 Å². The minimum absolute atomic E-state index is 0.183. The molecule has 0 aliphatic heterocycles. The van der Waals surface area contributed by atoms with Crippen LogP contribution in [0.15, 0.2) is 53.4 Å². The minimum Gasteiger partial charge on any atom is -0.233 e. The largest absolute Gasteiger partial charge is 0.277 e. The molecule has 0 radical (unpaired) electrons. The third kappa shape index (κ3) is 2.77. The van der Waals surface area contributed by atoms with Gasteiger partial charge < -0.3 is 0 Å². The second-order valence-electron chi connectivity index (χ2n) is 4.45. The normalized spacial score (nSPS) is 11.3. The molecule has 0 aliphatic rings. The molecule has 2 rings (SSSR count). The molecule has 0 atom stereocenters. The van der Waals surface area contributed by atoms with Crippen LogP contribution in [-0.4, -0.2) is 8.42 Å². The third-order valence-corrected chi connectivity index (χ3v) is 4.43. The number of hydrazine groups is 1. The average molecular weight is 276 g/mol. The van der Waals surface area contributed by atoms with Gasteiger partial charge in [-0.15, -0.1) is 0 Å². The minimum atomic E-state index is -3.71. The van der Waals surface area contributed by atoms with Gasteiger partial charge in [-0.05, 0) is 43.7 Å². The molecule has 2 N–H and O–H groups in total. The molecule has 0 aromatic heterocycles. The first kappa shape index (κ1) is 13.6. The second-order valence-corrected chi connectivity index (χ2v) is 6.27. The lowest BCUT2D eigenvalue weighted by molar-refractivity contribution is 0.592. The summed E-state index contributed by atoms with van der Waals surface area (Å²) in [6, 6.07) is 13.7. The van der Waals surface area contributed by atoms with Crippen molar-refractivity contribution in [3.05, 3.63) is 59.7 Å². The van der Waals surface area contributed by atoms with Crippen LogP contribution in [0.4, 0.5) is 5.69 Å². The smallest absolute Gasteiger partial charge is 0.233 e. The van der Waals surface area contributed by atoms with Gasteiger partial charge >= 0.3 is 0 Å². The van der Waals surface area contributed by atoms with Gasteiger partial charge in [-0.25, -0.2) is 10.3 Å². The molecule has 0 unspecified atom stereocenters. The van der Waals surface area contributed by atoms with Crippen molar-refractivity contribution in [3.8, 4) is 0 Å². The van der Waals surface area contributed by atoms with E-state index in [-0.39, 0.29) is 4.90 Å². The fourth-order valence-corrected chi connectivity index (χ4v) is 2.83. The van der Waals surface area contributed by atoms with Crippen LogP contribution in [0.25, 0.3) is 0 Å². The standard InChI is InChI=1S/C14H16N2O2S/c1-11-6-8-14(9-7-11)19(17,18)16(15)13-5-3-4-12(2)10-13/h3-10H,15H2,1-2H3. The van der Waals surface area contributed by atoms with Crippen LogP contribution in [0.2, 0.25) is 0 Å². The van der Waals surface area contributed by atoms with E-state index in [0.29, 0.717) is 5.69 Å². The summed E-state index contributed by atoms with van der Waals surface area (Å²) in [5.74, 6) is 5.76. The highest BCUT2D eigenvalue weighted by molar-refractivity contribution is 7.92. The number of anilines is 1. The first-order valence-electron chi connectivity index (χ1n) is 5.84. The van der Waals surface area contributed by atoms with E-state index >= 15 is 0 Å². The highest BCUT2D eigenvalue weighted by Crippen LogP contribution is 2.21. The summed E-state index contributed by atoms with van der Waals surface area (Å²) in [4.78, 5) is 0.183. The summed E-state index contributed by atoms with van der Waals surface area (Å²) >= 11 is 0. The van der Waals surface area contributed by atoms with Crippen molar-refractivity contribution in [1.82, 2.24) is 0 Å². The number of rotatable bonds is 3. The van der Waals surface area contributed by atoms with Gasteiger partial charge in [0.25, 0.3) is 10.0 Å². The van der Waals surface area contributed by atoms with Crippen LogP contribution < -0.4 is 10.3 Å². The lowest BCUT2D eigenvalue weighted by Crippen LogP contribution is -2.37. The molecule has 2 aromatic rings. The zero-order chi connectivity index (χ0) is 14.0. The Labute approximate surface area is 113 Å². The Balaban J connectivity index is 2.42. The van der Waals surface area contributed by atoms with E-state index in [1.165, 1.54) is 0 Å². The maximum Gasteiger partial charge on any atom is 0.277 e. The molecule has 0 amide bonds. The molecule has 0 fully saturated rings. The van der Waals surface area contributed by atoms with E-state index in [4.69, 9.17) is 5.84 Å². The van der Waals surface area contributed by atoms with Crippen LogP contribution in [-0.2, 0) is 10.0 Å². The molecule has 0 spiro atoms. The molecule has 19 heavy (non-hydrogen) atoms. The van der Waals surface area contributed by atoms with Gasteiger partial charge in [-0.2, -0.15) is 8.42 Å². The van der Waals surface area contributed by atoms with Gasteiger partial charge in [0.05, 0.1) is 10.6 Å². The molecule has 5 heteroatoms. The number of nitrogens with zero attached hydrogens (tertiary/aromatic N) is 1. The highest BCUT2D eigenvalue weighted by Gasteiger charge is 2.21. The van der Waals surface area contributed by atoms with Crippen LogP contribution in [0, 0.1) is 13.8 Å². The molecule has 0 heterocycles. The van der Waals surface area contributed by atoms with Crippen LogP contribution in [0.5, 0.6) is 0 Å². The van der Waals surface area contributed by atoms with E-state index in [9.17, 15) is 8.42 Å². The van der Waals surface area contributed by atoms with Crippen molar-refractivity contribution in [3.63, 3.8) is 0 Å². The quantitative estimate of drug-likeness (QED) is 0.691. The Hall–Kier alpha value is -1.85. The molecule has 0 bridgehead atoms. The van der Waals surface area contributed by atoms with Gasteiger partial charge in [0, 0.05) is 0 Å². The van der Waals surface area contributed by atoms with E-state index in [1.807, 2.05) is 19.9 Å². The Morgan fingerprint density at radius 3 is 2.16 bits per heavy atom. The molecule has 0 saturated heterocycles. The third-order valence-electron chi connectivity index (χ3n) is 2.83.